The summed E-state index contributed by atoms with van der Waals surface area (Å²) in [6, 6.07) is 8.71. The van der Waals surface area contributed by atoms with Crippen LogP contribution in [0.5, 0.6) is 0 Å². The van der Waals surface area contributed by atoms with Crippen LogP contribution in [-0.2, 0) is 9.53 Å². The van der Waals surface area contributed by atoms with E-state index in [4.69, 9.17) is 0 Å². The molecule has 0 aliphatic carbocycles. The predicted octanol–water partition coefficient (Wildman–Crippen LogP) is -1.60. The molecule has 0 radical (unpaired) electrons. The maximum Gasteiger partial charge on any atom is 1.00 e. The van der Waals surface area contributed by atoms with Gasteiger partial charge >= 0.3 is 35.5 Å². The van der Waals surface area contributed by atoms with Gasteiger partial charge in [-0.15, -0.1) is 0 Å². The van der Waals surface area contributed by atoms with Crippen molar-refractivity contribution in [2.75, 3.05) is 6.61 Å². The molecule has 0 spiro atoms. The number of carbonyl (C=O) groups is 1. The Morgan fingerprint density at radius 1 is 1.50 bits per heavy atom. The zero-order valence-corrected chi connectivity index (χ0v) is 10.4. The molecular formula is C10H13NaO3. The number of hydrogen-bond acceptors (Lipinski definition) is 3. The summed E-state index contributed by atoms with van der Waals surface area (Å²) in [6.07, 6.45) is -1.17. The Bertz CT molecular complexity index is 279. The van der Waals surface area contributed by atoms with Gasteiger partial charge in [0.25, 0.3) is 0 Å². The van der Waals surface area contributed by atoms with E-state index in [1.54, 1.807) is 31.2 Å². The zero-order valence-electron chi connectivity index (χ0n) is 9.43. The van der Waals surface area contributed by atoms with Crippen molar-refractivity contribution in [2.24, 2.45) is 0 Å². The normalized spacial score (nSPS) is 11.3. The van der Waals surface area contributed by atoms with Gasteiger partial charge in [0.2, 0.25) is 0 Å². The molecule has 1 unspecified atom stereocenters. The number of benzene rings is 1. The standard InChI is InChI=1S/C10H12O3.Na.H/c1-2-13-10(12)9(11)8-6-4-3-5-7-8;;/h3-7,9,11H,2H2,1H3;;/q;+1;-1. The largest absolute Gasteiger partial charge is 1.00 e. The van der Waals surface area contributed by atoms with Crippen LogP contribution in [0.25, 0.3) is 0 Å². The van der Waals surface area contributed by atoms with Crippen molar-refractivity contribution < 1.29 is 45.6 Å². The molecule has 14 heavy (non-hydrogen) atoms. The third kappa shape index (κ3) is 3.80. The first kappa shape index (κ1) is 13.7. The van der Waals surface area contributed by atoms with Gasteiger partial charge in [-0.05, 0) is 12.5 Å². The van der Waals surface area contributed by atoms with Gasteiger partial charge < -0.3 is 11.3 Å². The molecule has 1 atom stereocenters. The average Bonchev–Trinajstić information content (AvgIpc) is 2.18. The van der Waals surface area contributed by atoms with Gasteiger partial charge in [-0.25, -0.2) is 4.79 Å². The van der Waals surface area contributed by atoms with Gasteiger partial charge in [0.1, 0.15) is 0 Å². The monoisotopic (exact) mass is 204 g/mol. The van der Waals surface area contributed by atoms with E-state index in [1.807, 2.05) is 6.07 Å². The summed E-state index contributed by atoms with van der Waals surface area (Å²) in [6.45, 7) is 1.98. The van der Waals surface area contributed by atoms with Gasteiger partial charge in [0.15, 0.2) is 6.10 Å². The maximum atomic E-state index is 11.1. The molecule has 3 nitrogen and oxygen atoms in total. The molecule has 0 bridgehead atoms. The van der Waals surface area contributed by atoms with Crippen molar-refractivity contribution in [1.82, 2.24) is 0 Å². The topological polar surface area (TPSA) is 46.5 Å². The average molecular weight is 204 g/mol. The summed E-state index contributed by atoms with van der Waals surface area (Å²) in [5.41, 5.74) is 0.556. The number of esters is 1. The molecule has 0 saturated carbocycles. The van der Waals surface area contributed by atoms with Crippen LogP contribution in [0.2, 0.25) is 0 Å². The summed E-state index contributed by atoms with van der Waals surface area (Å²) in [4.78, 5) is 11.1. The van der Waals surface area contributed by atoms with E-state index in [-0.39, 0.29) is 37.6 Å². The molecule has 1 rings (SSSR count). The van der Waals surface area contributed by atoms with E-state index < -0.39 is 12.1 Å². The Kier molecular flexibility index (Phi) is 6.83. The summed E-state index contributed by atoms with van der Waals surface area (Å²) >= 11 is 0. The molecule has 0 aliphatic rings. The molecule has 0 fully saturated rings. The van der Waals surface area contributed by atoms with E-state index in [0.717, 1.165) is 0 Å². The number of aliphatic hydroxyl groups is 1. The molecule has 1 aromatic carbocycles. The Balaban J connectivity index is 0. The molecule has 1 aromatic rings. The minimum absolute atomic E-state index is 0. The van der Waals surface area contributed by atoms with Crippen LogP contribution in [0.1, 0.15) is 20.0 Å². The Morgan fingerprint density at radius 3 is 2.57 bits per heavy atom. The van der Waals surface area contributed by atoms with Gasteiger partial charge in [-0.1, -0.05) is 30.3 Å². The smallest absolute Gasteiger partial charge is 1.00 e. The fourth-order valence-corrected chi connectivity index (χ4v) is 0.993. The van der Waals surface area contributed by atoms with E-state index in [9.17, 15) is 9.90 Å². The van der Waals surface area contributed by atoms with Crippen molar-refractivity contribution in [2.45, 2.75) is 13.0 Å². The van der Waals surface area contributed by atoms with E-state index in [0.29, 0.717) is 5.56 Å². The number of rotatable bonds is 3. The fraction of sp³-hybridized carbons (Fsp3) is 0.300. The van der Waals surface area contributed by atoms with Crippen LogP contribution >= 0.6 is 0 Å². The molecule has 0 aliphatic heterocycles. The Morgan fingerprint density at radius 2 is 2.07 bits per heavy atom. The molecule has 0 amide bonds. The van der Waals surface area contributed by atoms with Gasteiger partial charge in [-0.2, -0.15) is 0 Å². The first-order chi connectivity index (χ1) is 6.25. The third-order valence-electron chi connectivity index (χ3n) is 1.63. The molecule has 0 saturated heterocycles. The molecule has 0 heterocycles. The first-order valence-electron chi connectivity index (χ1n) is 4.15. The van der Waals surface area contributed by atoms with Crippen LogP contribution in [0, 0.1) is 0 Å². The summed E-state index contributed by atoms with van der Waals surface area (Å²) < 4.78 is 4.67. The number of ether oxygens (including phenoxy) is 1. The van der Waals surface area contributed by atoms with Crippen molar-refractivity contribution in [3.63, 3.8) is 0 Å². The SMILES string of the molecule is CCOC(=O)C(O)c1ccccc1.[H-].[Na+]. The second kappa shape index (κ2) is 7.01. The quantitative estimate of drug-likeness (QED) is 0.476. The first-order valence-corrected chi connectivity index (χ1v) is 4.15. The minimum atomic E-state index is -1.17. The van der Waals surface area contributed by atoms with Gasteiger partial charge in [0, 0.05) is 0 Å². The van der Waals surface area contributed by atoms with Crippen LogP contribution in [0.3, 0.4) is 0 Å². The molecule has 0 aromatic heterocycles. The molecule has 1 N–H and O–H groups in total. The maximum absolute atomic E-state index is 11.1. The molecular weight excluding hydrogens is 191 g/mol. The number of hydrogen-bond donors (Lipinski definition) is 1. The summed E-state index contributed by atoms with van der Waals surface area (Å²) in [5, 5.41) is 9.45. The minimum Gasteiger partial charge on any atom is -1.00 e. The number of carbonyl (C=O) groups excluding carboxylic acids is 1. The van der Waals surface area contributed by atoms with Gasteiger partial charge in [0.05, 0.1) is 6.61 Å². The second-order valence-electron chi connectivity index (χ2n) is 2.57. The van der Waals surface area contributed by atoms with E-state index >= 15 is 0 Å². The van der Waals surface area contributed by atoms with E-state index in [2.05, 4.69) is 4.74 Å². The van der Waals surface area contributed by atoms with Crippen LogP contribution < -0.4 is 29.6 Å². The Labute approximate surface area is 107 Å². The fourth-order valence-electron chi connectivity index (χ4n) is 0.993. The van der Waals surface area contributed by atoms with Crippen LogP contribution in [-0.4, -0.2) is 17.7 Å². The van der Waals surface area contributed by atoms with Crippen LogP contribution in [0.4, 0.5) is 0 Å². The molecule has 4 heteroatoms. The van der Waals surface area contributed by atoms with Crippen molar-refractivity contribution in [3.8, 4) is 0 Å². The zero-order chi connectivity index (χ0) is 9.68. The van der Waals surface area contributed by atoms with Gasteiger partial charge in [-0.3, -0.25) is 0 Å². The third-order valence-corrected chi connectivity index (χ3v) is 1.63. The predicted molar refractivity (Wildman–Crippen MR) is 49.1 cm³/mol. The summed E-state index contributed by atoms with van der Waals surface area (Å²) in [7, 11) is 0. The van der Waals surface area contributed by atoms with Crippen molar-refractivity contribution in [3.05, 3.63) is 35.9 Å². The van der Waals surface area contributed by atoms with Crippen LogP contribution in [0.15, 0.2) is 30.3 Å². The number of aliphatic hydroxyl groups excluding tert-OH is 1. The van der Waals surface area contributed by atoms with Crippen molar-refractivity contribution in [1.29, 1.82) is 0 Å². The summed E-state index contributed by atoms with van der Waals surface area (Å²) in [5.74, 6) is -0.603. The Hall–Kier alpha value is -0.350. The van der Waals surface area contributed by atoms with E-state index in [1.165, 1.54) is 0 Å². The second-order valence-corrected chi connectivity index (χ2v) is 2.57. The molecule has 72 valence electrons. The van der Waals surface area contributed by atoms with Crippen molar-refractivity contribution >= 4 is 5.97 Å².